The summed E-state index contributed by atoms with van der Waals surface area (Å²) in [6, 6.07) is 18.2. The van der Waals surface area contributed by atoms with E-state index in [0.717, 1.165) is 41.6 Å². The Morgan fingerprint density at radius 2 is 1.76 bits per heavy atom. The van der Waals surface area contributed by atoms with Crippen LogP contribution >= 0.6 is 0 Å². The molecule has 2 aliphatic carbocycles. The number of nitrogens with one attached hydrogen (secondary N) is 2. The molecule has 0 bridgehead atoms. The SMILES string of the molecule is O=c1[nH]c(N/N=C/c2ccccc2)nc2c1C1(CCCCC1)Cc1ccccc1-2. The fourth-order valence-corrected chi connectivity index (χ4v) is 4.93. The molecule has 1 spiro atoms. The molecule has 1 aromatic heterocycles. The van der Waals surface area contributed by atoms with E-state index in [1.807, 2.05) is 36.4 Å². The van der Waals surface area contributed by atoms with Gasteiger partial charge in [-0.15, -0.1) is 0 Å². The number of hydrogen-bond acceptors (Lipinski definition) is 4. The summed E-state index contributed by atoms with van der Waals surface area (Å²) in [6.07, 6.45) is 8.34. The number of rotatable bonds is 3. The average Bonchev–Trinajstić information content (AvgIpc) is 2.75. The molecule has 0 amide bonds. The molecule has 5 rings (SSSR count). The van der Waals surface area contributed by atoms with Crippen LogP contribution in [0.3, 0.4) is 0 Å². The van der Waals surface area contributed by atoms with Gasteiger partial charge in [0.2, 0.25) is 5.95 Å². The van der Waals surface area contributed by atoms with Crippen molar-refractivity contribution >= 4 is 12.2 Å². The molecule has 1 fully saturated rings. The highest BCUT2D eigenvalue weighted by atomic mass is 16.1. The second kappa shape index (κ2) is 7.32. The summed E-state index contributed by atoms with van der Waals surface area (Å²) in [6.45, 7) is 0. The van der Waals surface area contributed by atoms with Crippen molar-refractivity contribution in [2.75, 3.05) is 5.43 Å². The highest BCUT2D eigenvalue weighted by Gasteiger charge is 2.42. The number of benzene rings is 2. The zero-order valence-corrected chi connectivity index (χ0v) is 16.3. The number of aromatic nitrogens is 2. The van der Waals surface area contributed by atoms with E-state index >= 15 is 0 Å². The van der Waals surface area contributed by atoms with E-state index in [2.05, 4.69) is 33.7 Å². The van der Waals surface area contributed by atoms with Crippen LogP contribution in [0.5, 0.6) is 0 Å². The predicted octanol–water partition coefficient (Wildman–Crippen LogP) is 4.64. The van der Waals surface area contributed by atoms with Gasteiger partial charge in [-0.2, -0.15) is 5.10 Å². The Kier molecular flexibility index (Phi) is 4.51. The molecule has 0 unspecified atom stereocenters. The Morgan fingerprint density at radius 1 is 1.00 bits per heavy atom. The Labute approximate surface area is 169 Å². The van der Waals surface area contributed by atoms with Gasteiger partial charge in [0, 0.05) is 11.0 Å². The number of fused-ring (bicyclic) bond motifs is 4. The van der Waals surface area contributed by atoms with Gasteiger partial charge in [-0.3, -0.25) is 9.78 Å². The monoisotopic (exact) mass is 384 g/mol. The number of aromatic amines is 1. The Hall–Kier alpha value is -3.21. The molecule has 0 radical (unpaired) electrons. The van der Waals surface area contributed by atoms with Crippen molar-refractivity contribution in [1.29, 1.82) is 0 Å². The lowest BCUT2D eigenvalue weighted by molar-refractivity contribution is 0.285. The summed E-state index contributed by atoms with van der Waals surface area (Å²) in [5.41, 5.74) is 7.80. The van der Waals surface area contributed by atoms with Crippen molar-refractivity contribution in [3.63, 3.8) is 0 Å². The summed E-state index contributed by atoms with van der Waals surface area (Å²) >= 11 is 0. The number of nitrogens with zero attached hydrogens (tertiary/aromatic N) is 2. The quantitative estimate of drug-likeness (QED) is 0.510. The third kappa shape index (κ3) is 3.27. The molecule has 1 heterocycles. The smallest absolute Gasteiger partial charge is 0.256 e. The first-order valence-corrected chi connectivity index (χ1v) is 10.3. The molecule has 0 saturated heterocycles. The second-order valence-corrected chi connectivity index (χ2v) is 8.09. The van der Waals surface area contributed by atoms with E-state index in [1.54, 1.807) is 6.21 Å². The summed E-state index contributed by atoms with van der Waals surface area (Å²) in [7, 11) is 0. The summed E-state index contributed by atoms with van der Waals surface area (Å²) in [5, 5.41) is 4.25. The van der Waals surface area contributed by atoms with Crippen LogP contribution in [0.2, 0.25) is 0 Å². The molecule has 146 valence electrons. The van der Waals surface area contributed by atoms with Gasteiger partial charge in [0.1, 0.15) is 0 Å². The van der Waals surface area contributed by atoms with Crippen molar-refractivity contribution in [3.8, 4) is 11.3 Å². The van der Waals surface area contributed by atoms with Crippen molar-refractivity contribution in [2.24, 2.45) is 5.10 Å². The molecule has 1 saturated carbocycles. The standard InChI is InChI=1S/C24H24N4O/c29-22-20-21(26-23(27-22)28-25-16-17-9-3-1-4-10-17)19-12-6-5-11-18(19)15-24(20)13-7-2-8-14-24/h1,3-6,9-12,16H,2,7-8,13-15H2,(H2,26,27,28,29)/b25-16+. The first-order chi connectivity index (χ1) is 14.3. The lowest BCUT2D eigenvalue weighted by Gasteiger charge is -2.41. The van der Waals surface area contributed by atoms with Gasteiger partial charge >= 0.3 is 0 Å². The lowest BCUT2D eigenvalue weighted by Crippen LogP contribution is -2.40. The first-order valence-electron chi connectivity index (χ1n) is 10.3. The van der Waals surface area contributed by atoms with Crippen LogP contribution in [0.25, 0.3) is 11.3 Å². The van der Waals surface area contributed by atoms with E-state index in [1.165, 1.54) is 24.8 Å². The largest absolute Gasteiger partial charge is 0.291 e. The molecule has 2 N–H and O–H groups in total. The Morgan fingerprint density at radius 3 is 2.59 bits per heavy atom. The van der Waals surface area contributed by atoms with Crippen molar-refractivity contribution < 1.29 is 0 Å². The molecule has 5 nitrogen and oxygen atoms in total. The topological polar surface area (TPSA) is 70.1 Å². The maximum atomic E-state index is 13.2. The molecule has 29 heavy (non-hydrogen) atoms. The van der Waals surface area contributed by atoms with Gasteiger partial charge < -0.3 is 0 Å². The van der Waals surface area contributed by atoms with E-state index in [-0.39, 0.29) is 11.0 Å². The van der Waals surface area contributed by atoms with E-state index < -0.39 is 0 Å². The first kappa shape index (κ1) is 17.9. The summed E-state index contributed by atoms with van der Waals surface area (Å²) < 4.78 is 0. The van der Waals surface area contributed by atoms with Crippen molar-refractivity contribution in [1.82, 2.24) is 9.97 Å². The maximum absolute atomic E-state index is 13.2. The minimum atomic E-state index is -0.0889. The number of H-pyrrole nitrogens is 1. The number of hydrogen-bond donors (Lipinski definition) is 2. The van der Waals surface area contributed by atoms with Crippen LogP contribution in [-0.2, 0) is 11.8 Å². The number of hydrazone groups is 1. The van der Waals surface area contributed by atoms with Crippen molar-refractivity contribution in [2.45, 2.75) is 43.9 Å². The third-order valence-electron chi connectivity index (χ3n) is 6.25. The second-order valence-electron chi connectivity index (χ2n) is 8.09. The molecule has 2 aromatic carbocycles. The minimum Gasteiger partial charge on any atom is -0.291 e. The van der Waals surface area contributed by atoms with Crippen LogP contribution in [0.1, 0.15) is 48.8 Å². The molecule has 5 heteroatoms. The van der Waals surface area contributed by atoms with Gasteiger partial charge in [-0.25, -0.2) is 10.4 Å². The van der Waals surface area contributed by atoms with Crippen LogP contribution in [0.4, 0.5) is 5.95 Å². The predicted molar refractivity (Wildman–Crippen MR) is 116 cm³/mol. The molecule has 2 aliphatic rings. The molecular weight excluding hydrogens is 360 g/mol. The highest BCUT2D eigenvalue weighted by molar-refractivity contribution is 5.80. The minimum absolute atomic E-state index is 0.0381. The summed E-state index contributed by atoms with van der Waals surface area (Å²) in [4.78, 5) is 21.0. The van der Waals surface area contributed by atoms with Gasteiger partial charge in [0.25, 0.3) is 5.56 Å². The fourth-order valence-electron chi connectivity index (χ4n) is 4.93. The lowest BCUT2D eigenvalue weighted by atomic mass is 9.62. The normalized spacial score (nSPS) is 17.1. The Bertz CT molecular complexity index is 1110. The van der Waals surface area contributed by atoms with Crippen molar-refractivity contribution in [3.05, 3.63) is 81.6 Å². The van der Waals surface area contributed by atoms with Crippen LogP contribution in [0, 0.1) is 0 Å². The molecular formula is C24H24N4O. The van der Waals surface area contributed by atoms with Crippen LogP contribution < -0.4 is 11.0 Å². The van der Waals surface area contributed by atoms with Gasteiger partial charge in [-0.1, -0.05) is 73.9 Å². The van der Waals surface area contributed by atoms with E-state index in [0.29, 0.717) is 5.95 Å². The fraction of sp³-hybridized carbons (Fsp3) is 0.292. The maximum Gasteiger partial charge on any atom is 0.256 e. The zero-order valence-electron chi connectivity index (χ0n) is 16.3. The third-order valence-corrected chi connectivity index (χ3v) is 6.25. The van der Waals surface area contributed by atoms with Gasteiger partial charge in [0.05, 0.1) is 17.5 Å². The van der Waals surface area contributed by atoms with Gasteiger partial charge in [0.15, 0.2) is 0 Å². The molecule has 0 atom stereocenters. The molecule has 0 aliphatic heterocycles. The van der Waals surface area contributed by atoms with E-state index in [4.69, 9.17) is 4.98 Å². The number of anilines is 1. The zero-order chi connectivity index (χ0) is 19.7. The molecule has 3 aromatic rings. The van der Waals surface area contributed by atoms with Crippen LogP contribution in [-0.4, -0.2) is 16.2 Å². The summed E-state index contributed by atoms with van der Waals surface area (Å²) in [5.74, 6) is 0.378. The average molecular weight is 384 g/mol. The van der Waals surface area contributed by atoms with Gasteiger partial charge in [-0.05, 0) is 30.4 Å². The van der Waals surface area contributed by atoms with Crippen LogP contribution in [0.15, 0.2) is 64.5 Å². The van der Waals surface area contributed by atoms with E-state index in [9.17, 15) is 4.79 Å². The highest BCUT2D eigenvalue weighted by Crippen LogP contribution is 2.48. The Balaban J connectivity index is 1.56.